The molecule has 278 valence electrons. The third kappa shape index (κ3) is 22.6. The maximum atomic E-state index is 6.76. The predicted molar refractivity (Wildman–Crippen MR) is 213 cm³/mol. The first kappa shape index (κ1) is 43.0. The first-order valence-electron chi connectivity index (χ1n) is 21.6. The van der Waals surface area contributed by atoms with Gasteiger partial charge < -0.3 is 9.47 Å². The number of hydrogen-bond acceptors (Lipinski definition) is 2. The highest BCUT2D eigenvalue weighted by molar-refractivity contribution is 4.94. The Balaban J connectivity index is 1.47. The third-order valence-electron chi connectivity index (χ3n) is 10.7. The molecular weight excluding hydrogens is 585 g/mol. The highest BCUT2D eigenvalue weighted by atomic mass is 16.8. The number of rotatable bonds is 33. The van der Waals surface area contributed by atoms with Gasteiger partial charge in [-0.1, -0.05) is 166 Å². The highest BCUT2D eigenvalue weighted by Gasteiger charge is 2.50. The average Bonchev–Trinajstić information content (AvgIpc) is 3.59. The van der Waals surface area contributed by atoms with E-state index in [1.54, 1.807) is 0 Å². The van der Waals surface area contributed by atoms with Crippen LogP contribution in [0.2, 0.25) is 0 Å². The van der Waals surface area contributed by atoms with Crippen molar-refractivity contribution in [2.45, 2.75) is 238 Å². The Hall–Kier alpha value is -1.12. The molecule has 2 nitrogen and oxygen atoms in total. The molecule has 1 aliphatic heterocycles. The highest BCUT2D eigenvalue weighted by Crippen LogP contribution is 2.45. The van der Waals surface area contributed by atoms with E-state index in [1.165, 1.54) is 173 Å². The minimum Gasteiger partial charge on any atom is -0.344 e. The molecule has 0 N–H and O–H groups in total. The second kappa shape index (κ2) is 30.7. The maximum absolute atomic E-state index is 6.76. The predicted octanol–water partition coefficient (Wildman–Crippen LogP) is 15.5. The summed E-state index contributed by atoms with van der Waals surface area (Å²) in [4.78, 5) is 0. The van der Waals surface area contributed by atoms with Gasteiger partial charge in [-0.15, -0.1) is 0 Å². The van der Waals surface area contributed by atoms with Gasteiger partial charge >= 0.3 is 0 Å². The van der Waals surface area contributed by atoms with Gasteiger partial charge in [0, 0.05) is 12.8 Å². The molecule has 2 heteroatoms. The van der Waals surface area contributed by atoms with Crippen LogP contribution in [0, 0.1) is 5.92 Å². The van der Waals surface area contributed by atoms with Gasteiger partial charge in [-0.25, -0.2) is 0 Å². The summed E-state index contributed by atoms with van der Waals surface area (Å²) >= 11 is 0. The molecule has 1 saturated heterocycles. The summed E-state index contributed by atoms with van der Waals surface area (Å²) in [5.41, 5.74) is 0. The van der Waals surface area contributed by atoms with Gasteiger partial charge in [0.1, 0.15) is 0 Å². The lowest BCUT2D eigenvalue weighted by Crippen LogP contribution is -2.32. The minimum absolute atomic E-state index is 0.279. The van der Waals surface area contributed by atoms with Crippen molar-refractivity contribution in [2.24, 2.45) is 5.92 Å². The van der Waals surface area contributed by atoms with Gasteiger partial charge in [0.25, 0.3) is 0 Å². The van der Waals surface area contributed by atoms with Crippen molar-refractivity contribution in [3.63, 3.8) is 0 Å². The summed E-state index contributed by atoms with van der Waals surface area (Å²) in [6.45, 7) is 6.93. The topological polar surface area (TPSA) is 18.5 Å². The van der Waals surface area contributed by atoms with Crippen LogP contribution in [-0.2, 0) is 9.47 Å². The molecule has 1 heterocycles. The Bertz CT molecular complexity index is 808. The van der Waals surface area contributed by atoms with E-state index in [0.29, 0.717) is 12.2 Å². The molecule has 4 atom stereocenters. The SMILES string of the molecule is CCCCCC/C=C\C/C=C\CCCCCCCCC1(CCCCCCCC/C=C\C/C=C\CCCCCCC)O[C@H]2CC(C)C[C@H]2O1. The molecule has 1 aliphatic carbocycles. The van der Waals surface area contributed by atoms with Gasteiger partial charge in [-0.05, 0) is 95.8 Å². The van der Waals surface area contributed by atoms with E-state index in [2.05, 4.69) is 69.4 Å². The van der Waals surface area contributed by atoms with Gasteiger partial charge in [0.15, 0.2) is 5.79 Å². The Morgan fingerprint density at radius 2 is 0.729 bits per heavy atom. The number of fused-ring (bicyclic) bond motifs is 1. The summed E-state index contributed by atoms with van der Waals surface area (Å²) in [6, 6.07) is 0. The van der Waals surface area contributed by atoms with E-state index in [-0.39, 0.29) is 5.79 Å². The standard InChI is InChI=1S/C46H82O2/c1-4-6-8-10-12-14-16-18-20-22-24-26-28-30-32-34-36-38-40-46(47-44-41-43(3)42-45(44)48-46)39-37-35-33-31-29-27-25-23-21-19-17-15-13-11-9-7-5-2/h15-18,21-24,43-45H,4-14,19-20,25-42H2,1-3H3/b17-15-,18-16-,23-21-,24-22-/t43?,44-,45+,46?. The molecule has 1 saturated carbocycles. The zero-order chi connectivity index (χ0) is 34.2. The number of ether oxygens (including phenoxy) is 2. The lowest BCUT2D eigenvalue weighted by Gasteiger charge is -2.30. The summed E-state index contributed by atoms with van der Waals surface area (Å²) < 4.78 is 13.5. The molecule has 2 aliphatic rings. The van der Waals surface area contributed by atoms with Gasteiger partial charge in [-0.3, -0.25) is 0 Å². The Morgan fingerprint density at radius 3 is 1.10 bits per heavy atom. The van der Waals surface area contributed by atoms with E-state index in [4.69, 9.17) is 9.47 Å². The summed E-state index contributed by atoms with van der Waals surface area (Å²) in [5.74, 6) is 0.472. The Labute approximate surface area is 301 Å². The van der Waals surface area contributed by atoms with Crippen molar-refractivity contribution in [3.05, 3.63) is 48.6 Å². The van der Waals surface area contributed by atoms with Crippen LogP contribution < -0.4 is 0 Å². The molecule has 0 aromatic heterocycles. The van der Waals surface area contributed by atoms with Crippen molar-refractivity contribution < 1.29 is 9.47 Å². The van der Waals surface area contributed by atoms with Crippen LogP contribution in [0.15, 0.2) is 48.6 Å². The van der Waals surface area contributed by atoms with E-state index in [1.807, 2.05) is 0 Å². The van der Waals surface area contributed by atoms with Crippen LogP contribution in [0.3, 0.4) is 0 Å². The molecule has 0 aromatic carbocycles. The second-order valence-corrected chi connectivity index (χ2v) is 15.5. The molecule has 0 radical (unpaired) electrons. The van der Waals surface area contributed by atoms with Crippen molar-refractivity contribution in [1.82, 2.24) is 0 Å². The molecule has 2 fully saturated rings. The normalized spacial score (nSPS) is 22.9. The first-order chi connectivity index (χ1) is 23.7. The van der Waals surface area contributed by atoms with Crippen LogP contribution in [0.25, 0.3) is 0 Å². The van der Waals surface area contributed by atoms with Crippen LogP contribution >= 0.6 is 0 Å². The Morgan fingerprint density at radius 1 is 0.417 bits per heavy atom. The zero-order valence-corrected chi connectivity index (χ0v) is 32.6. The van der Waals surface area contributed by atoms with Gasteiger partial charge in [0.2, 0.25) is 0 Å². The second-order valence-electron chi connectivity index (χ2n) is 15.5. The largest absolute Gasteiger partial charge is 0.344 e. The van der Waals surface area contributed by atoms with Crippen molar-refractivity contribution in [2.75, 3.05) is 0 Å². The van der Waals surface area contributed by atoms with Crippen LogP contribution in [0.1, 0.15) is 220 Å². The summed E-state index contributed by atoms with van der Waals surface area (Å²) in [7, 11) is 0. The van der Waals surface area contributed by atoms with E-state index >= 15 is 0 Å². The monoisotopic (exact) mass is 667 g/mol. The zero-order valence-electron chi connectivity index (χ0n) is 32.6. The molecule has 2 rings (SSSR count). The molecular formula is C46H82O2. The first-order valence-corrected chi connectivity index (χ1v) is 21.6. The summed E-state index contributed by atoms with van der Waals surface area (Å²) in [5, 5.41) is 0. The van der Waals surface area contributed by atoms with Gasteiger partial charge in [-0.2, -0.15) is 0 Å². The fraction of sp³-hybridized carbons (Fsp3) is 0.826. The smallest absolute Gasteiger partial charge is 0.169 e. The molecule has 0 aromatic rings. The lowest BCUT2D eigenvalue weighted by molar-refractivity contribution is -0.192. The summed E-state index contributed by atoms with van der Waals surface area (Å²) in [6.07, 6.45) is 59.8. The number of allylic oxidation sites excluding steroid dienone is 8. The van der Waals surface area contributed by atoms with E-state index in [0.717, 1.165) is 31.6 Å². The molecule has 0 amide bonds. The average molecular weight is 667 g/mol. The quantitative estimate of drug-likeness (QED) is 0.0512. The fourth-order valence-corrected chi connectivity index (χ4v) is 7.68. The van der Waals surface area contributed by atoms with Crippen LogP contribution in [0.5, 0.6) is 0 Å². The van der Waals surface area contributed by atoms with Crippen molar-refractivity contribution in [3.8, 4) is 0 Å². The molecule has 0 bridgehead atoms. The molecule has 2 unspecified atom stereocenters. The van der Waals surface area contributed by atoms with Crippen molar-refractivity contribution >= 4 is 0 Å². The molecule has 0 spiro atoms. The van der Waals surface area contributed by atoms with E-state index in [9.17, 15) is 0 Å². The van der Waals surface area contributed by atoms with E-state index < -0.39 is 0 Å². The molecule has 48 heavy (non-hydrogen) atoms. The Kier molecular flexibility index (Phi) is 27.5. The maximum Gasteiger partial charge on any atom is 0.169 e. The third-order valence-corrected chi connectivity index (χ3v) is 10.7. The van der Waals surface area contributed by atoms with Crippen LogP contribution in [-0.4, -0.2) is 18.0 Å². The van der Waals surface area contributed by atoms with Crippen LogP contribution in [0.4, 0.5) is 0 Å². The minimum atomic E-state index is -0.279. The van der Waals surface area contributed by atoms with Crippen molar-refractivity contribution in [1.29, 1.82) is 0 Å². The fourth-order valence-electron chi connectivity index (χ4n) is 7.68. The van der Waals surface area contributed by atoms with Gasteiger partial charge in [0.05, 0.1) is 12.2 Å². The number of hydrogen-bond donors (Lipinski definition) is 0. The lowest BCUT2D eigenvalue weighted by atomic mass is 9.98. The number of unbranched alkanes of at least 4 members (excludes halogenated alkanes) is 21.